The standard InChI is InChI=1S/C17H23N4O7PS/c1-26-17(18,14(23)15(24)21-9-7-13(30)20-16(21)25)11-27-29(19-8-10-22)28-12-5-3-2-4-6-12/h2-7,9-10,14-15,19,23-24H,8,11,18H2,1H3,(H,20,25,30). The zero-order chi connectivity index (χ0) is 22.1. The zero-order valence-electron chi connectivity index (χ0n) is 16.0. The number of methoxy groups -OCH3 is 1. The third-order valence-electron chi connectivity index (χ3n) is 3.94. The molecular weight excluding hydrogens is 435 g/mol. The zero-order valence-corrected chi connectivity index (χ0v) is 17.7. The summed E-state index contributed by atoms with van der Waals surface area (Å²) in [6.45, 7) is -0.489. The molecule has 0 aliphatic heterocycles. The fourth-order valence-corrected chi connectivity index (χ4v) is 3.47. The molecule has 0 saturated carbocycles. The highest BCUT2D eigenvalue weighted by atomic mass is 32.1. The van der Waals surface area contributed by atoms with Gasteiger partial charge in [-0.25, -0.2) is 9.88 Å². The Morgan fingerprint density at radius 1 is 1.37 bits per heavy atom. The SMILES string of the molecule is COC(N)(COP(NCC=O)Oc1ccccc1)C(O)C(O)n1ccc(=S)[nH]c1=O. The monoisotopic (exact) mass is 458 g/mol. The minimum atomic E-state index is -1.92. The number of hydrogen-bond donors (Lipinski definition) is 5. The van der Waals surface area contributed by atoms with Crippen molar-refractivity contribution in [2.24, 2.45) is 5.73 Å². The number of aromatic amines is 1. The Bertz CT molecular complexity index is 928. The maximum absolute atomic E-state index is 12.0. The van der Waals surface area contributed by atoms with Crippen LogP contribution in [0.5, 0.6) is 5.75 Å². The summed E-state index contributed by atoms with van der Waals surface area (Å²) in [5.41, 5.74) is 3.42. The summed E-state index contributed by atoms with van der Waals surface area (Å²) in [6.07, 6.45) is -1.70. The Hall–Kier alpha value is -2.02. The van der Waals surface area contributed by atoms with E-state index >= 15 is 0 Å². The van der Waals surface area contributed by atoms with E-state index in [0.29, 0.717) is 12.0 Å². The fourth-order valence-electron chi connectivity index (χ4n) is 2.26. The van der Waals surface area contributed by atoms with Crippen LogP contribution in [-0.2, 0) is 14.1 Å². The van der Waals surface area contributed by atoms with Crippen LogP contribution < -0.4 is 21.0 Å². The minimum Gasteiger partial charge on any atom is -0.436 e. The molecule has 0 saturated heterocycles. The first-order valence-electron chi connectivity index (χ1n) is 8.65. The summed E-state index contributed by atoms with van der Waals surface area (Å²) in [5, 5.41) is 23.8. The van der Waals surface area contributed by atoms with E-state index in [-0.39, 0.29) is 11.2 Å². The quantitative estimate of drug-likeness (QED) is 0.128. The lowest BCUT2D eigenvalue weighted by Gasteiger charge is -2.35. The molecule has 0 bridgehead atoms. The predicted molar refractivity (Wildman–Crippen MR) is 111 cm³/mol. The van der Waals surface area contributed by atoms with Gasteiger partial charge in [0.1, 0.15) is 29.4 Å². The van der Waals surface area contributed by atoms with Crippen molar-refractivity contribution < 1.29 is 28.8 Å². The van der Waals surface area contributed by atoms with Crippen LogP contribution in [0.25, 0.3) is 0 Å². The van der Waals surface area contributed by atoms with Crippen LogP contribution in [0.1, 0.15) is 6.23 Å². The highest BCUT2D eigenvalue weighted by molar-refractivity contribution is 7.71. The van der Waals surface area contributed by atoms with Gasteiger partial charge in [-0.05, 0) is 18.2 Å². The summed E-state index contributed by atoms with van der Waals surface area (Å²) >= 11 is 4.84. The molecular formula is C17H23N4O7PS. The molecule has 0 radical (unpaired) electrons. The third kappa shape index (κ3) is 6.49. The number of nitrogens with two attached hydrogens (primary N) is 1. The van der Waals surface area contributed by atoms with Crippen LogP contribution in [0, 0.1) is 4.64 Å². The van der Waals surface area contributed by atoms with E-state index in [9.17, 15) is 19.8 Å². The number of para-hydroxylation sites is 1. The van der Waals surface area contributed by atoms with Crippen LogP contribution in [0.4, 0.5) is 0 Å². The highest BCUT2D eigenvalue weighted by Gasteiger charge is 2.41. The molecule has 164 valence electrons. The molecule has 0 aliphatic carbocycles. The van der Waals surface area contributed by atoms with Crippen molar-refractivity contribution in [2.45, 2.75) is 18.1 Å². The van der Waals surface area contributed by atoms with Crippen molar-refractivity contribution in [3.8, 4) is 5.75 Å². The molecule has 1 aromatic carbocycles. The molecule has 0 amide bonds. The van der Waals surface area contributed by atoms with Crippen molar-refractivity contribution >= 4 is 27.0 Å². The maximum Gasteiger partial charge on any atom is 0.328 e. The number of carbonyl (C=O) groups excluding carboxylic acids is 1. The van der Waals surface area contributed by atoms with Crippen LogP contribution in [0.2, 0.25) is 0 Å². The smallest absolute Gasteiger partial charge is 0.328 e. The van der Waals surface area contributed by atoms with Crippen molar-refractivity contribution in [3.05, 3.63) is 57.7 Å². The first kappa shape index (κ1) is 24.3. The Morgan fingerprint density at radius 2 is 2.07 bits per heavy atom. The number of aliphatic hydroxyl groups excluding tert-OH is 2. The van der Waals surface area contributed by atoms with Gasteiger partial charge in [0.05, 0.1) is 6.54 Å². The molecule has 0 aliphatic rings. The summed E-state index contributed by atoms with van der Waals surface area (Å²) in [4.78, 5) is 25.0. The van der Waals surface area contributed by atoms with Gasteiger partial charge in [0.2, 0.25) is 0 Å². The Balaban J connectivity index is 2.13. The molecule has 0 fully saturated rings. The molecule has 1 heterocycles. The second-order valence-corrected chi connectivity index (χ2v) is 7.71. The molecule has 2 rings (SSSR count). The van der Waals surface area contributed by atoms with Gasteiger partial charge in [-0.3, -0.25) is 15.3 Å². The predicted octanol–water partition coefficient (Wildman–Crippen LogP) is 0.170. The molecule has 2 aromatic rings. The molecule has 30 heavy (non-hydrogen) atoms. The van der Waals surface area contributed by atoms with Gasteiger partial charge in [0.15, 0.2) is 12.0 Å². The van der Waals surface area contributed by atoms with E-state index in [2.05, 4.69) is 10.1 Å². The molecule has 4 atom stereocenters. The van der Waals surface area contributed by atoms with Crippen LogP contribution >= 0.6 is 20.7 Å². The van der Waals surface area contributed by atoms with Gasteiger partial charge in [-0.15, -0.1) is 0 Å². The number of benzene rings is 1. The molecule has 1 aromatic heterocycles. The van der Waals surface area contributed by atoms with Gasteiger partial charge in [0, 0.05) is 13.3 Å². The summed E-state index contributed by atoms with van der Waals surface area (Å²) < 4.78 is 17.4. The molecule has 4 unspecified atom stereocenters. The van der Waals surface area contributed by atoms with Gasteiger partial charge >= 0.3 is 14.2 Å². The van der Waals surface area contributed by atoms with E-state index in [1.165, 1.54) is 19.4 Å². The van der Waals surface area contributed by atoms with E-state index in [1.54, 1.807) is 30.3 Å². The van der Waals surface area contributed by atoms with Crippen molar-refractivity contribution in [1.82, 2.24) is 14.6 Å². The van der Waals surface area contributed by atoms with Gasteiger partial charge < -0.3 is 28.8 Å². The Morgan fingerprint density at radius 3 is 2.67 bits per heavy atom. The topological polar surface area (TPSA) is 161 Å². The second kappa shape index (κ2) is 11.4. The lowest BCUT2D eigenvalue weighted by atomic mass is 10.1. The Kier molecular flexibility index (Phi) is 9.21. The maximum atomic E-state index is 12.0. The number of carbonyl (C=O) groups is 1. The average molecular weight is 458 g/mol. The number of hydrogen-bond acceptors (Lipinski definition) is 10. The lowest BCUT2D eigenvalue weighted by molar-refractivity contribution is -0.174. The minimum absolute atomic E-state index is 0.0487. The van der Waals surface area contributed by atoms with E-state index in [4.69, 9.17) is 31.7 Å². The van der Waals surface area contributed by atoms with Gasteiger partial charge in [-0.1, -0.05) is 30.4 Å². The summed E-state index contributed by atoms with van der Waals surface area (Å²) in [5.74, 6) is 0.480. The van der Waals surface area contributed by atoms with Crippen LogP contribution in [0.3, 0.4) is 0 Å². The lowest BCUT2D eigenvalue weighted by Crippen LogP contribution is -2.59. The third-order valence-corrected chi connectivity index (χ3v) is 5.36. The molecule has 13 heteroatoms. The number of aromatic nitrogens is 2. The summed E-state index contributed by atoms with van der Waals surface area (Å²) in [6, 6.07) is 10.1. The number of aliphatic hydroxyl groups is 2. The van der Waals surface area contributed by atoms with Crippen LogP contribution in [0.15, 0.2) is 47.4 Å². The van der Waals surface area contributed by atoms with Gasteiger partial charge in [0.25, 0.3) is 0 Å². The fraction of sp³-hybridized carbons (Fsp3) is 0.353. The first-order valence-corrected chi connectivity index (χ1v) is 10.2. The number of nitrogens with one attached hydrogen (secondary N) is 2. The van der Waals surface area contributed by atoms with Crippen LogP contribution in [-0.4, -0.2) is 58.1 Å². The number of aldehydes is 1. The number of H-pyrrole nitrogens is 1. The Labute approximate surface area is 178 Å². The number of rotatable bonds is 12. The largest absolute Gasteiger partial charge is 0.436 e. The van der Waals surface area contributed by atoms with E-state index < -0.39 is 38.9 Å². The average Bonchev–Trinajstić information content (AvgIpc) is 2.75. The number of ether oxygens (including phenoxy) is 1. The normalized spacial score (nSPS) is 16.3. The van der Waals surface area contributed by atoms with Crippen molar-refractivity contribution in [3.63, 3.8) is 0 Å². The van der Waals surface area contributed by atoms with Crippen molar-refractivity contribution in [1.29, 1.82) is 0 Å². The molecule has 6 N–H and O–H groups in total. The van der Waals surface area contributed by atoms with Crippen molar-refractivity contribution in [2.75, 3.05) is 20.3 Å². The number of nitrogens with zero attached hydrogens (tertiary/aromatic N) is 1. The second-order valence-electron chi connectivity index (χ2n) is 6.00. The molecule has 11 nitrogen and oxygen atoms in total. The summed E-state index contributed by atoms with van der Waals surface area (Å²) in [7, 11) is -0.636. The highest BCUT2D eigenvalue weighted by Crippen LogP contribution is 2.36. The van der Waals surface area contributed by atoms with E-state index in [1.807, 2.05) is 0 Å². The first-order chi connectivity index (χ1) is 14.3. The van der Waals surface area contributed by atoms with Gasteiger partial charge in [-0.2, -0.15) is 0 Å². The molecule has 0 spiro atoms. The van der Waals surface area contributed by atoms with E-state index in [0.717, 1.165) is 4.57 Å².